The molecule has 4 nitrogen and oxygen atoms in total. The SMILES string of the molecule is CC(=O)NC(Cc1c2ccccc2cc2ccccc12)C(=O)O. The van der Waals surface area contributed by atoms with Crippen molar-refractivity contribution in [1.29, 1.82) is 0 Å². The van der Waals surface area contributed by atoms with Crippen molar-refractivity contribution in [3.8, 4) is 0 Å². The fraction of sp³-hybridized carbons (Fsp3) is 0.158. The second-order valence-electron chi connectivity index (χ2n) is 5.59. The smallest absolute Gasteiger partial charge is 0.326 e. The highest BCUT2D eigenvalue weighted by Gasteiger charge is 2.21. The van der Waals surface area contributed by atoms with Gasteiger partial charge in [0.25, 0.3) is 0 Å². The lowest BCUT2D eigenvalue weighted by Gasteiger charge is -2.17. The molecule has 0 aliphatic heterocycles. The summed E-state index contributed by atoms with van der Waals surface area (Å²) in [7, 11) is 0. The van der Waals surface area contributed by atoms with Crippen LogP contribution < -0.4 is 5.32 Å². The lowest BCUT2D eigenvalue weighted by Crippen LogP contribution is -2.41. The predicted molar refractivity (Wildman–Crippen MR) is 90.4 cm³/mol. The number of aliphatic carboxylic acids is 1. The maximum absolute atomic E-state index is 11.5. The zero-order valence-electron chi connectivity index (χ0n) is 12.7. The normalized spacial score (nSPS) is 12.2. The van der Waals surface area contributed by atoms with Crippen LogP contribution in [0.5, 0.6) is 0 Å². The molecule has 1 amide bonds. The van der Waals surface area contributed by atoms with Gasteiger partial charge in [-0.15, -0.1) is 0 Å². The van der Waals surface area contributed by atoms with Crippen LogP contribution in [0, 0.1) is 0 Å². The number of carbonyl (C=O) groups excluding carboxylic acids is 1. The van der Waals surface area contributed by atoms with Crippen LogP contribution in [0.2, 0.25) is 0 Å². The molecule has 1 unspecified atom stereocenters. The molecule has 1 atom stereocenters. The first kappa shape index (κ1) is 15.0. The van der Waals surface area contributed by atoms with Gasteiger partial charge in [0.15, 0.2) is 0 Å². The van der Waals surface area contributed by atoms with E-state index in [0.29, 0.717) is 0 Å². The van der Waals surface area contributed by atoms with Gasteiger partial charge in [-0.1, -0.05) is 48.5 Å². The maximum atomic E-state index is 11.5. The van der Waals surface area contributed by atoms with E-state index in [4.69, 9.17) is 0 Å². The predicted octanol–water partition coefficient (Wildman–Crippen LogP) is 3.12. The zero-order chi connectivity index (χ0) is 16.4. The lowest BCUT2D eigenvalue weighted by atomic mass is 9.92. The number of nitrogens with one attached hydrogen (secondary N) is 1. The van der Waals surface area contributed by atoms with E-state index in [1.807, 2.05) is 48.5 Å². The van der Waals surface area contributed by atoms with Gasteiger partial charge in [0.1, 0.15) is 6.04 Å². The first-order valence-corrected chi connectivity index (χ1v) is 7.45. The van der Waals surface area contributed by atoms with Gasteiger partial charge in [0.05, 0.1) is 0 Å². The summed E-state index contributed by atoms with van der Waals surface area (Å²) in [5.74, 6) is -1.38. The van der Waals surface area contributed by atoms with Crippen LogP contribution in [0.4, 0.5) is 0 Å². The molecule has 0 saturated carbocycles. The summed E-state index contributed by atoms with van der Waals surface area (Å²) in [6.45, 7) is 1.33. The Labute approximate surface area is 133 Å². The molecule has 3 rings (SSSR count). The molecule has 0 fully saturated rings. The summed E-state index contributed by atoms with van der Waals surface area (Å²) in [4.78, 5) is 22.8. The standard InChI is InChI=1S/C19H17NO3/c1-12(21)20-18(19(22)23)11-17-15-8-4-2-6-13(15)10-14-7-3-5-9-16(14)17/h2-10,18H,11H2,1H3,(H,20,21)(H,22,23). The lowest BCUT2D eigenvalue weighted by molar-refractivity contribution is -0.141. The van der Waals surface area contributed by atoms with Crippen LogP contribution in [0.3, 0.4) is 0 Å². The van der Waals surface area contributed by atoms with Crippen LogP contribution >= 0.6 is 0 Å². The molecule has 4 heteroatoms. The van der Waals surface area contributed by atoms with E-state index < -0.39 is 12.0 Å². The van der Waals surface area contributed by atoms with E-state index in [1.165, 1.54) is 6.92 Å². The molecule has 0 aliphatic carbocycles. The largest absolute Gasteiger partial charge is 0.480 e. The first-order chi connectivity index (χ1) is 11.1. The average molecular weight is 307 g/mol. The summed E-state index contributed by atoms with van der Waals surface area (Å²) in [6, 6.07) is 17.0. The van der Waals surface area contributed by atoms with Crippen molar-refractivity contribution in [2.75, 3.05) is 0 Å². The van der Waals surface area contributed by atoms with Crippen molar-refractivity contribution in [1.82, 2.24) is 5.32 Å². The summed E-state index contributed by atoms with van der Waals surface area (Å²) < 4.78 is 0. The molecular weight excluding hydrogens is 290 g/mol. The van der Waals surface area contributed by atoms with E-state index in [0.717, 1.165) is 27.1 Å². The molecule has 2 N–H and O–H groups in total. The molecule has 0 aliphatic rings. The van der Waals surface area contributed by atoms with E-state index in [1.54, 1.807) is 0 Å². The van der Waals surface area contributed by atoms with Gasteiger partial charge in [-0.3, -0.25) is 4.79 Å². The van der Waals surface area contributed by atoms with Crippen molar-refractivity contribution in [2.24, 2.45) is 0 Å². The third-order valence-electron chi connectivity index (χ3n) is 3.97. The molecular formula is C19H17NO3. The van der Waals surface area contributed by atoms with Crippen molar-refractivity contribution in [3.63, 3.8) is 0 Å². The van der Waals surface area contributed by atoms with E-state index in [2.05, 4.69) is 11.4 Å². The minimum Gasteiger partial charge on any atom is -0.480 e. The molecule has 0 bridgehead atoms. The number of carboxylic acid groups (broad SMARTS) is 1. The zero-order valence-corrected chi connectivity index (χ0v) is 12.7. The van der Waals surface area contributed by atoms with Gasteiger partial charge in [0.2, 0.25) is 5.91 Å². The number of rotatable bonds is 4. The quantitative estimate of drug-likeness (QED) is 0.728. The molecule has 0 radical (unpaired) electrons. The summed E-state index contributed by atoms with van der Waals surface area (Å²) in [5.41, 5.74) is 0.944. The van der Waals surface area contributed by atoms with Gasteiger partial charge < -0.3 is 10.4 Å². The Morgan fingerprint density at radius 2 is 1.52 bits per heavy atom. The Morgan fingerprint density at radius 1 is 1.00 bits per heavy atom. The third kappa shape index (κ3) is 3.01. The molecule has 116 valence electrons. The number of carbonyl (C=O) groups is 2. The van der Waals surface area contributed by atoms with Gasteiger partial charge >= 0.3 is 5.97 Å². The Kier molecular flexibility index (Phi) is 3.98. The molecule has 23 heavy (non-hydrogen) atoms. The van der Waals surface area contributed by atoms with E-state index in [9.17, 15) is 14.7 Å². The Morgan fingerprint density at radius 3 is 2.00 bits per heavy atom. The number of hydrogen-bond acceptors (Lipinski definition) is 2. The Balaban J connectivity index is 2.19. The van der Waals surface area contributed by atoms with Gasteiger partial charge in [-0.05, 0) is 33.2 Å². The molecule has 0 aromatic heterocycles. The molecule has 0 saturated heterocycles. The van der Waals surface area contributed by atoms with Crippen LogP contribution in [0.25, 0.3) is 21.5 Å². The number of amides is 1. The molecule has 3 aromatic carbocycles. The van der Waals surface area contributed by atoms with Crippen molar-refractivity contribution in [3.05, 3.63) is 60.2 Å². The van der Waals surface area contributed by atoms with Crippen LogP contribution in [0.15, 0.2) is 54.6 Å². The highest BCUT2D eigenvalue weighted by Crippen LogP contribution is 2.29. The maximum Gasteiger partial charge on any atom is 0.326 e. The second kappa shape index (κ2) is 6.08. The fourth-order valence-corrected chi connectivity index (χ4v) is 2.98. The summed E-state index contributed by atoms with van der Waals surface area (Å²) >= 11 is 0. The number of fused-ring (bicyclic) bond motifs is 2. The highest BCUT2D eigenvalue weighted by atomic mass is 16.4. The van der Waals surface area contributed by atoms with Gasteiger partial charge in [-0.25, -0.2) is 4.79 Å². The molecule has 0 spiro atoms. The molecule has 3 aromatic rings. The second-order valence-corrected chi connectivity index (χ2v) is 5.59. The average Bonchev–Trinajstić information content (AvgIpc) is 2.53. The fourth-order valence-electron chi connectivity index (χ4n) is 2.98. The Bertz CT molecular complexity index is 847. The highest BCUT2D eigenvalue weighted by molar-refractivity contribution is 6.02. The summed E-state index contributed by atoms with van der Waals surface area (Å²) in [6.07, 6.45) is 0.247. The van der Waals surface area contributed by atoms with E-state index >= 15 is 0 Å². The topological polar surface area (TPSA) is 66.4 Å². The van der Waals surface area contributed by atoms with E-state index in [-0.39, 0.29) is 12.3 Å². The third-order valence-corrected chi connectivity index (χ3v) is 3.97. The van der Waals surface area contributed by atoms with Crippen LogP contribution in [0.1, 0.15) is 12.5 Å². The minimum absolute atomic E-state index is 0.247. The monoisotopic (exact) mass is 307 g/mol. The number of hydrogen-bond donors (Lipinski definition) is 2. The Hall–Kier alpha value is -2.88. The minimum atomic E-state index is -1.03. The van der Waals surface area contributed by atoms with Crippen LogP contribution in [-0.2, 0) is 16.0 Å². The van der Waals surface area contributed by atoms with Crippen molar-refractivity contribution >= 4 is 33.4 Å². The van der Waals surface area contributed by atoms with Gasteiger partial charge in [0, 0.05) is 13.3 Å². The van der Waals surface area contributed by atoms with Gasteiger partial charge in [-0.2, -0.15) is 0 Å². The van der Waals surface area contributed by atoms with Crippen molar-refractivity contribution in [2.45, 2.75) is 19.4 Å². The first-order valence-electron chi connectivity index (χ1n) is 7.45. The number of benzene rings is 3. The summed E-state index contributed by atoms with van der Waals surface area (Å²) in [5, 5.41) is 16.1. The van der Waals surface area contributed by atoms with Crippen molar-refractivity contribution < 1.29 is 14.7 Å². The van der Waals surface area contributed by atoms with Crippen LogP contribution in [-0.4, -0.2) is 23.0 Å². The molecule has 0 heterocycles. The number of carboxylic acids is 1.